The molecule has 1 aromatic rings. The number of aliphatic hydroxyl groups is 1. The number of carboxylic acids is 1. The Morgan fingerprint density at radius 1 is 1.09 bits per heavy atom. The Labute approximate surface area is 190 Å². The van der Waals surface area contributed by atoms with Gasteiger partial charge in [0.05, 0.1) is 19.1 Å². The molecule has 1 aliphatic heterocycles. The van der Waals surface area contributed by atoms with E-state index < -0.39 is 66.8 Å². The standard InChI is InChI=1S/C21H29N5O7/c22-13(10-17(23)28)18(29)24-14(9-12-5-2-1-3-6-12)20(31)26-8-4-7-16(26)19(30)25-15(11-27)21(32)33/h1-3,5-6,13-16,27H,4,7-11,22H2,(H2,23,28)(H,24,29)(H,25,30)(H,32,33). The first kappa shape index (κ1) is 25.7. The lowest BCUT2D eigenvalue weighted by Crippen LogP contribution is -2.57. The molecule has 2 rings (SSSR count). The SMILES string of the molecule is NC(=O)CC(N)C(=O)NC(Cc1ccccc1)C(=O)N1CCCC1C(=O)NC(CO)C(=O)O. The van der Waals surface area contributed by atoms with Crippen molar-refractivity contribution in [2.45, 2.75) is 49.9 Å². The zero-order valence-electron chi connectivity index (χ0n) is 18.0. The number of carbonyl (C=O) groups excluding carboxylic acids is 4. The van der Waals surface area contributed by atoms with Crippen LogP contribution in [0.2, 0.25) is 0 Å². The summed E-state index contributed by atoms with van der Waals surface area (Å²) in [6.07, 6.45) is 0.495. The summed E-state index contributed by atoms with van der Waals surface area (Å²) in [7, 11) is 0. The van der Waals surface area contributed by atoms with Gasteiger partial charge in [-0.05, 0) is 18.4 Å². The molecule has 4 atom stereocenters. The molecule has 0 aliphatic carbocycles. The van der Waals surface area contributed by atoms with Crippen molar-refractivity contribution in [3.05, 3.63) is 35.9 Å². The molecule has 33 heavy (non-hydrogen) atoms. The maximum absolute atomic E-state index is 13.4. The van der Waals surface area contributed by atoms with Crippen LogP contribution in [0.1, 0.15) is 24.8 Å². The van der Waals surface area contributed by atoms with E-state index in [-0.39, 0.29) is 13.0 Å². The quantitative estimate of drug-likeness (QED) is 0.206. The van der Waals surface area contributed by atoms with Crippen LogP contribution in [0, 0.1) is 0 Å². The second-order valence-corrected chi connectivity index (χ2v) is 7.80. The highest BCUT2D eigenvalue weighted by molar-refractivity contribution is 5.95. The molecule has 1 aliphatic rings. The molecular weight excluding hydrogens is 434 g/mol. The van der Waals surface area contributed by atoms with Crippen LogP contribution in [0.3, 0.4) is 0 Å². The number of rotatable bonds is 11. The summed E-state index contributed by atoms with van der Waals surface area (Å²) in [5, 5.41) is 23.0. The third kappa shape index (κ3) is 7.26. The van der Waals surface area contributed by atoms with Crippen molar-refractivity contribution < 1.29 is 34.2 Å². The van der Waals surface area contributed by atoms with Crippen LogP contribution in [0.5, 0.6) is 0 Å². The molecule has 1 heterocycles. The molecule has 0 bridgehead atoms. The van der Waals surface area contributed by atoms with Gasteiger partial charge in [0.2, 0.25) is 23.6 Å². The second kappa shape index (κ2) is 11.9. The smallest absolute Gasteiger partial charge is 0.328 e. The number of nitrogens with two attached hydrogens (primary N) is 2. The normalized spacial score (nSPS) is 18.1. The summed E-state index contributed by atoms with van der Waals surface area (Å²) < 4.78 is 0. The molecule has 0 spiro atoms. The van der Waals surface area contributed by atoms with E-state index in [1.165, 1.54) is 4.90 Å². The van der Waals surface area contributed by atoms with E-state index in [0.717, 1.165) is 5.56 Å². The number of aliphatic carboxylic acids is 1. The van der Waals surface area contributed by atoms with Gasteiger partial charge < -0.3 is 37.2 Å². The first-order valence-corrected chi connectivity index (χ1v) is 10.5. The van der Waals surface area contributed by atoms with E-state index in [1.807, 2.05) is 0 Å². The molecule has 12 nitrogen and oxygen atoms in total. The molecule has 4 amide bonds. The van der Waals surface area contributed by atoms with Crippen LogP contribution in [0.4, 0.5) is 0 Å². The van der Waals surface area contributed by atoms with Gasteiger partial charge in [0.1, 0.15) is 18.1 Å². The van der Waals surface area contributed by atoms with Crippen LogP contribution in [0.15, 0.2) is 30.3 Å². The largest absolute Gasteiger partial charge is 0.480 e. The fourth-order valence-corrected chi connectivity index (χ4v) is 3.59. The van der Waals surface area contributed by atoms with E-state index in [1.54, 1.807) is 30.3 Å². The minimum Gasteiger partial charge on any atom is -0.480 e. The molecule has 1 aromatic carbocycles. The highest BCUT2D eigenvalue weighted by Crippen LogP contribution is 2.20. The summed E-state index contributed by atoms with van der Waals surface area (Å²) in [5.74, 6) is -4.17. The fraction of sp³-hybridized carbons (Fsp3) is 0.476. The number of nitrogens with one attached hydrogen (secondary N) is 2. The number of amides is 4. The highest BCUT2D eigenvalue weighted by Gasteiger charge is 2.39. The topological polar surface area (TPSA) is 205 Å². The van der Waals surface area contributed by atoms with Crippen molar-refractivity contribution in [1.29, 1.82) is 0 Å². The molecule has 180 valence electrons. The summed E-state index contributed by atoms with van der Waals surface area (Å²) in [4.78, 5) is 62.0. The summed E-state index contributed by atoms with van der Waals surface area (Å²) in [6.45, 7) is -0.575. The number of likely N-dealkylation sites (tertiary alicyclic amines) is 1. The second-order valence-electron chi connectivity index (χ2n) is 7.80. The van der Waals surface area contributed by atoms with E-state index >= 15 is 0 Å². The van der Waals surface area contributed by atoms with Gasteiger partial charge in [0, 0.05) is 13.0 Å². The summed E-state index contributed by atoms with van der Waals surface area (Å²) in [6, 6.07) is 4.08. The van der Waals surface area contributed by atoms with E-state index in [0.29, 0.717) is 12.8 Å². The minimum atomic E-state index is -1.50. The summed E-state index contributed by atoms with van der Waals surface area (Å²) >= 11 is 0. The van der Waals surface area contributed by atoms with Crippen molar-refractivity contribution in [2.75, 3.05) is 13.2 Å². The predicted octanol–water partition coefficient (Wildman–Crippen LogP) is -2.53. The van der Waals surface area contributed by atoms with Gasteiger partial charge in [-0.1, -0.05) is 30.3 Å². The Bertz CT molecular complexity index is 879. The Morgan fingerprint density at radius 3 is 2.33 bits per heavy atom. The van der Waals surface area contributed by atoms with Gasteiger partial charge in [-0.15, -0.1) is 0 Å². The van der Waals surface area contributed by atoms with Crippen LogP contribution >= 0.6 is 0 Å². The number of carboxylic acid groups (broad SMARTS) is 1. The predicted molar refractivity (Wildman–Crippen MR) is 115 cm³/mol. The Kier molecular flexibility index (Phi) is 9.30. The number of carbonyl (C=O) groups is 5. The third-order valence-electron chi connectivity index (χ3n) is 5.29. The molecule has 0 radical (unpaired) electrons. The van der Waals surface area contributed by atoms with Crippen LogP contribution in [-0.2, 0) is 30.4 Å². The molecule has 8 N–H and O–H groups in total. The lowest BCUT2D eigenvalue weighted by molar-refractivity contribution is -0.145. The Hall–Kier alpha value is -3.51. The Morgan fingerprint density at radius 2 is 1.76 bits per heavy atom. The highest BCUT2D eigenvalue weighted by atomic mass is 16.4. The van der Waals surface area contributed by atoms with Crippen molar-refractivity contribution in [3.63, 3.8) is 0 Å². The first-order valence-electron chi connectivity index (χ1n) is 10.5. The van der Waals surface area contributed by atoms with Crippen molar-refractivity contribution in [3.8, 4) is 0 Å². The summed E-state index contributed by atoms with van der Waals surface area (Å²) in [5.41, 5.74) is 11.5. The Balaban J connectivity index is 2.20. The zero-order valence-corrected chi connectivity index (χ0v) is 18.0. The molecule has 1 fully saturated rings. The average Bonchev–Trinajstić information content (AvgIpc) is 3.26. The first-order chi connectivity index (χ1) is 15.6. The molecule has 4 unspecified atom stereocenters. The minimum absolute atomic E-state index is 0.105. The number of hydrogen-bond acceptors (Lipinski definition) is 7. The monoisotopic (exact) mass is 463 g/mol. The van der Waals surface area contributed by atoms with Crippen molar-refractivity contribution >= 4 is 29.6 Å². The molecule has 0 saturated carbocycles. The van der Waals surface area contributed by atoms with Gasteiger partial charge in [0.25, 0.3) is 0 Å². The maximum Gasteiger partial charge on any atom is 0.328 e. The van der Waals surface area contributed by atoms with Gasteiger partial charge in [-0.25, -0.2) is 4.79 Å². The van der Waals surface area contributed by atoms with Gasteiger partial charge in [-0.3, -0.25) is 19.2 Å². The molecule has 1 saturated heterocycles. The number of nitrogens with zero attached hydrogens (tertiary/aromatic N) is 1. The zero-order chi connectivity index (χ0) is 24.5. The number of hydrogen-bond donors (Lipinski definition) is 6. The van der Waals surface area contributed by atoms with E-state index in [4.69, 9.17) is 21.7 Å². The molecule has 12 heteroatoms. The fourth-order valence-electron chi connectivity index (χ4n) is 3.59. The average molecular weight is 463 g/mol. The number of aliphatic hydroxyl groups excluding tert-OH is 1. The maximum atomic E-state index is 13.4. The van der Waals surface area contributed by atoms with Crippen LogP contribution in [-0.4, -0.2) is 82.0 Å². The lowest BCUT2D eigenvalue weighted by Gasteiger charge is -2.30. The van der Waals surface area contributed by atoms with Gasteiger partial charge in [0.15, 0.2) is 0 Å². The number of benzene rings is 1. The van der Waals surface area contributed by atoms with E-state index in [2.05, 4.69) is 10.6 Å². The van der Waals surface area contributed by atoms with Crippen molar-refractivity contribution in [2.24, 2.45) is 11.5 Å². The van der Waals surface area contributed by atoms with E-state index in [9.17, 15) is 24.0 Å². The lowest BCUT2D eigenvalue weighted by atomic mass is 10.0. The van der Waals surface area contributed by atoms with Crippen molar-refractivity contribution in [1.82, 2.24) is 15.5 Å². The van der Waals surface area contributed by atoms with Gasteiger partial charge >= 0.3 is 5.97 Å². The van der Waals surface area contributed by atoms with Crippen LogP contribution in [0.25, 0.3) is 0 Å². The van der Waals surface area contributed by atoms with Crippen LogP contribution < -0.4 is 22.1 Å². The molecular formula is C21H29N5O7. The molecule has 0 aromatic heterocycles. The third-order valence-corrected chi connectivity index (χ3v) is 5.29. The van der Waals surface area contributed by atoms with Gasteiger partial charge in [-0.2, -0.15) is 0 Å². The number of primary amides is 1.